The van der Waals surface area contributed by atoms with Gasteiger partial charge in [-0.3, -0.25) is 4.79 Å². The van der Waals surface area contributed by atoms with E-state index in [4.69, 9.17) is 4.74 Å². The Morgan fingerprint density at radius 1 is 1.08 bits per heavy atom. The predicted octanol–water partition coefficient (Wildman–Crippen LogP) is 4.39. The average molecular weight is 569 g/mol. The highest BCUT2D eigenvalue weighted by atomic mass is 32.2. The Morgan fingerprint density at radius 3 is 2.69 bits per heavy atom. The number of rotatable bonds is 11. The Kier molecular flexibility index (Phi) is 9.49. The van der Waals surface area contributed by atoms with E-state index in [1.807, 2.05) is 30.0 Å². The van der Waals surface area contributed by atoms with E-state index < -0.39 is 0 Å². The summed E-state index contributed by atoms with van der Waals surface area (Å²) in [5.41, 5.74) is 0. The van der Waals surface area contributed by atoms with Crippen molar-refractivity contribution >= 4 is 45.1 Å². The van der Waals surface area contributed by atoms with Crippen LogP contribution in [-0.2, 0) is 4.79 Å². The number of ether oxygens (including phenoxy) is 1. The zero-order valence-corrected chi connectivity index (χ0v) is 24.1. The molecule has 2 N–H and O–H groups in total. The van der Waals surface area contributed by atoms with Crippen molar-refractivity contribution < 1.29 is 9.53 Å². The van der Waals surface area contributed by atoms with Crippen molar-refractivity contribution in [2.45, 2.75) is 61.8 Å². The minimum Gasteiger partial charge on any atom is -0.490 e. The Morgan fingerprint density at radius 2 is 1.90 bits per heavy atom. The van der Waals surface area contributed by atoms with Gasteiger partial charge in [-0.25, -0.2) is 0 Å². The van der Waals surface area contributed by atoms with E-state index in [0.717, 1.165) is 68.7 Å². The molecule has 0 bridgehead atoms. The van der Waals surface area contributed by atoms with Crippen molar-refractivity contribution in [2.24, 2.45) is 0 Å². The van der Waals surface area contributed by atoms with E-state index in [-0.39, 0.29) is 18.1 Å². The lowest BCUT2D eigenvalue weighted by atomic mass is 10.1. The normalized spacial score (nSPS) is 18.4. The van der Waals surface area contributed by atoms with Crippen molar-refractivity contribution in [1.29, 1.82) is 0 Å². The third-order valence-electron chi connectivity index (χ3n) is 6.76. The van der Waals surface area contributed by atoms with Crippen LogP contribution in [0.2, 0.25) is 0 Å². The van der Waals surface area contributed by atoms with Gasteiger partial charge in [-0.05, 0) is 70.5 Å². The van der Waals surface area contributed by atoms with Crippen molar-refractivity contribution in [2.75, 3.05) is 48.3 Å². The molecule has 2 fully saturated rings. The standard InChI is InChI=1S/C27H36N8O2S2/c1-19(2)37-22-6-3-4-7-23(22)38-21-10-14-34(15-11-21)16-12-25(36)30-27-33-32-26(39-27)29-20-9-17-35(18-20)24-8-5-13-28-31-24/h3-8,13,19-21H,9-12,14-18H2,1-2H3,(H,29,32)(H,30,33,36)/t20-/m1/s1. The summed E-state index contributed by atoms with van der Waals surface area (Å²) < 4.78 is 5.98. The molecule has 2 aliphatic heterocycles. The van der Waals surface area contributed by atoms with Gasteiger partial charge in [-0.2, -0.15) is 5.10 Å². The molecule has 5 rings (SSSR count). The summed E-state index contributed by atoms with van der Waals surface area (Å²) in [5.74, 6) is 1.83. The number of para-hydroxylation sites is 1. The maximum absolute atomic E-state index is 12.6. The van der Waals surface area contributed by atoms with E-state index in [1.165, 1.54) is 16.2 Å². The lowest BCUT2D eigenvalue weighted by Gasteiger charge is -2.31. The molecular weight excluding hydrogens is 532 g/mol. The third-order valence-corrected chi connectivity index (χ3v) is 8.93. The van der Waals surface area contributed by atoms with Crippen LogP contribution in [0.5, 0.6) is 5.75 Å². The average Bonchev–Trinajstić information content (AvgIpc) is 3.59. The van der Waals surface area contributed by atoms with E-state index in [1.54, 1.807) is 6.20 Å². The van der Waals surface area contributed by atoms with Gasteiger partial charge in [0.15, 0.2) is 5.82 Å². The number of anilines is 3. The Balaban J connectivity index is 1.00. The fraction of sp³-hybridized carbons (Fsp3) is 0.519. The van der Waals surface area contributed by atoms with Crippen molar-refractivity contribution in [3.8, 4) is 5.75 Å². The van der Waals surface area contributed by atoms with Gasteiger partial charge in [0.1, 0.15) is 5.75 Å². The highest BCUT2D eigenvalue weighted by Gasteiger charge is 2.25. The summed E-state index contributed by atoms with van der Waals surface area (Å²) in [4.78, 5) is 18.4. The topological polar surface area (TPSA) is 108 Å². The molecule has 0 aliphatic carbocycles. The van der Waals surface area contributed by atoms with Crippen molar-refractivity contribution in [3.05, 3.63) is 42.6 Å². The smallest absolute Gasteiger partial charge is 0.227 e. The van der Waals surface area contributed by atoms with Gasteiger partial charge in [0.2, 0.25) is 16.2 Å². The lowest BCUT2D eigenvalue weighted by Crippen LogP contribution is -2.36. The quantitative estimate of drug-likeness (QED) is 0.346. The molecule has 1 aromatic carbocycles. The molecule has 0 spiro atoms. The zero-order chi connectivity index (χ0) is 27.0. The fourth-order valence-corrected chi connectivity index (χ4v) is 6.76. The van der Waals surface area contributed by atoms with Gasteiger partial charge in [-0.15, -0.1) is 27.1 Å². The second kappa shape index (κ2) is 13.4. The first-order chi connectivity index (χ1) is 19.0. The zero-order valence-electron chi connectivity index (χ0n) is 22.5. The van der Waals surface area contributed by atoms with Gasteiger partial charge in [0, 0.05) is 48.4 Å². The molecule has 0 radical (unpaired) electrons. The molecule has 3 aromatic rings. The monoisotopic (exact) mass is 568 g/mol. The number of aromatic nitrogens is 4. The molecule has 12 heteroatoms. The summed E-state index contributed by atoms with van der Waals surface area (Å²) >= 11 is 3.29. The molecule has 39 heavy (non-hydrogen) atoms. The van der Waals surface area contributed by atoms with Gasteiger partial charge in [-0.1, -0.05) is 23.5 Å². The molecule has 1 amide bonds. The van der Waals surface area contributed by atoms with Gasteiger partial charge < -0.3 is 25.2 Å². The molecule has 2 aromatic heterocycles. The Labute approximate surface area is 237 Å². The minimum absolute atomic E-state index is 0.0244. The molecule has 0 unspecified atom stereocenters. The van der Waals surface area contributed by atoms with Crippen molar-refractivity contribution in [1.82, 2.24) is 25.3 Å². The summed E-state index contributed by atoms with van der Waals surface area (Å²) in [6.07, 6.45) is 5.47. The van der Waals surface area contributed by atoms with Gasteiger partial charge >= 0.3 is 0 Å². The van der Waals surface area contributed by atoms with Crippen LogP contribution >= 0.6 is 23.1 Å². The number of nitrogens with one attached hydrogen (secondary N) is 2. The summed E-state index contributed by atoms with van der Waals surface area (Å²) in [5, 5.41) is 24.7. The molecule has 1 atom stereocenters. The van der Waals surface area contributed by atoms with Crippen LogP contribution in [0.25, 0.3) is 0 Å². The highest BCUT2D eigenvalue weighted by Crippen LogP contribution is 2.36. The number of likely N-dealkylation sites (tertiary alicyclic amines) is 1. The Hall–Kier alpha value is -2.96. The second-order valence-corrected chi connectivity index (χ2v) is 12.5. The van der Waals surface area contributed by atoms with Crippen molar-refractivity contribution in [3.63, 3.8) is 0 Å². The van der Waals surface area contributed by atoms with Crippen LogP contribution in [0, 0.1) is 0 Å². The number of hydrogen-bond donors (Lipinski definition) is 2. The molecule has 2 saturated heterocycles. The lowest BCUT2D eigenvalue weighted by molar-refractivity contribution is -0.116. The van der Waals surface area contributed by atoms with Gasteiger partial charge in [0.05, 0.1) is 6.10 Å². The van der Waals surface area contributed by atoms with Crippen LogP contribution in [0.3, 0.4) is 0 Å². The summed E-state index contributed by atoms with van der Waals surface area (Å²) in [6.45, 7) is 8.60. The first-order valence-corrected chi connectivity index (χ1v) is 15.3. The van der Waals surface area contributed by atoms with E-state index in [2.05, 4.69) is 72.9 Å². The molecule has 208 valence electrons. The molecular formula is C27H36N8O2S2. The van der Waals surface area contributed by atoms with Crippen LogP contribution in [0.15, 0.2) is 47.5 Å². The third kappa shape index (κ3) is 8.02. The fourth-order valence-electron chi connectivity index (χ4n) is 4.83. The maximum atomic E-state index is 12.6. The Bertz CT molecular complexity index is 1200. The number of hydrogen-bond acceptors (Lipinski definition) is 11. The van der Waals surface area contributed by atoms with E-state index in [0.29, 0.717) is 16.8 Å². The maximum Gasteiger partial charge on any atom is 0.227 e. The SMILES string of the molecule is CC(C)Oc1ccccc1SC1CCN(CCC(=O)Nc2nnc(N[C@@H]3CCN(c4cccnn4)C3)s2)CC1. The first kappa shape index (κ1) is 27.6. The van der Waals surface area contributed by atoms with Crippen LogP contribution in [0.4, 0.5) is 16.1 Å². The summed E-state index contributed by atoms with van der Waals surface area (Å²) in [7, 11) is 0. The van der Waals surface area contributed by atoms with Gasteiger partial charge in [0.25, 0.3) is 0 Å². The second-order valence-electron chi connectivity index (χ2n) is 10.1. The van der Waals surface area contributed by atoms with E-state index in [9.17, 15) is 4.79 Å². The predicted molar refractivity (Wildman–Crippen MR) is 157 cm³/mol. The number of thioether (sulfide) groups is 1. The first-order valence-electron chi connectivity index (χ1n) is 13.6. The van der Waals surface area contributed by atoms with Crippen LogP contribution in [-0.4, -0.2) is 81.3 Å². The molecule has 10 nitrogen and oxygen atoms in total. The summed E-state index contributed by atoms with van der Waals surface area (Å²) in [6, 6.07) is 12.4. The number of amides is 1. The molecule has 4 heterocycles. The largest absolute Gasteiger partial charge is 0.490 e. The minimum atomic E-state index is -0.0244. The van der Waals surface area contributed by atoms with Crippen LogP contribution < -0.4 is 20.3 Å². The number of piperidine rings is 1. The number of nitrogens with zero attached hydrogens (tertiary/aromatic N) is 6. The van der Waals surface area contributed by atoms with E-state index >= 15 is 0 Å². The van der Waals surface area contributed by atoms with Crippen LogP contribution in [0.1, 0.15) is 39.5 Å². The number of carbonyl (C=O) groups excluding carboxylic acids is 1. The molecule has 2 aliphatic rings. The number of benzene rings is 1. The molecule has 0 saturated carbocycles. The number of carbonyl (C=O) groups is 1. The highest BCUT2D eigenvalue weighted by molar-refractivity contribution is 8.00.